The smallest absolute Gasteiger partial charge is 0.188 e. The SMILES string of the molecule is CCNCC(=O)c1cncs1. The summed E-state index contributed by atoms with van der Waals surface area (Å²) in [6.45, 7) is 3.21. The number of nitrogens with zero attached hydrogens (tertiary/aromatic N) is 1. The minimum absolute atomic E-state index is 0.120. The van der Waals surface area contributed by atoms with Gasteiger partial charge in [0.2, 0.25) is 0 Å². The van der Waals surface area contributed by atoms with Gasteiger partial charge in [-0.25, -0.2) is 0 Å². The Kier molecular flexibility index (Phi) is 3.19. The Hall–Kier alpha value is -0.740. The molecule has 0 spiro atoms. The van der Waals surface area contributed by atoms with Crippen LogP contribution in [0.15, 0.2) is 11.7 Å². The van der Waals surface area contributed by atoms with Gasteiger partial charge >= 0.3 is 0 Å². The maximum absolute atomic E-state index is 11.2. The number of carbonyl (C=O) groups excluding carboxylic acids is 1. The molecule has 0 aliphatic rings. The number of carbonyl (C=O) groups is 1. The van der Waals surface area contributed by atoms with Gasteiger partial charge < -0.3 is 5.32 Å². The van der Waals surface area contributed by atoms with E-state index in [0.717, 1.165) is 11.4 Å². The first-order valence-corrected chi connectivity index (χ1v) is 4.35. The van der Waals surface area contributed by atoms with E-state index in [-0.39, 0.29) is 5.78 Å². The van der Waals surface area contributed by atoms with E-state index < -0.39 is 0 Å². The van der Waals surface area contributed by atoms with Crippen molar-refractivity contribution < 1.29 is 4.79 Å². The van der Waals surface area contributed by atoms with E-state index in [1.54, 1.807) is 11.7 Å². The monoisotopic (exact) mass is 170 g/mol. The molecule has 11 heavy (non-hydrogen) atoms. The standard InChI is InChI=1S/C7H10N2OS/c1-2-8-3-6(10)7-4-9-5-11-7/h4-5,8H,2-3H2,1H3. The van der Waals surface area contributed by atoms with Gasteiger partial charge in [0.25, 0.3) is 0 Å². The van der Waals surface area contributed by atoms with Crippen molar-refractivity contribution in [2.24, 2.45) is 0 Å². The molecule has 0 aliphatic heterocycles. The number of ketones is 1. The van der Waals surface area contributed by atoms with Crippen LogP contribution in [0, 0.1) is 0 Å². The number of hydrogen-bond donors (Lipinski definition) is 1. The highest BCUT2D eigenvalue weighted by atomic mass is 32.1. The van der Waals surface area contributed by atoms with Crippen molar-refractivity contribution in [1.82, 2.24) is 10.3 Å². The third kappa shape index (κ3) is 2.40. The van der Waals surface area contributed by atoms with Gasteiger partial charge in [-0.05, 0) is 6.54 Å². The molecule has 0 fully saturated rings. The molecule has 0 atom stereocenters. The molecule has 4 heteroatoms. The molecule has 0 unspecified atom stereocenters. The van der Waals surface area contributed by atoms with Gasteiger partial charge in [0.1, 0.15) is 0 Å². The van der Waals surface area contributed by atoms with Crippen molar-refractivity contribution in [1.29, 1.82) is 0 Å². The first-order valence-electron chi connectivity index (χ1n) is 3.47. The van der Waals surface area contributed by atoms with Gasteiger partial charge in [-0.3, -0.25) is 9.78 Å². The van der Waals surface area contributed by atoms with Crippen LogP contribution in [0.1, 0.15) is 16.6 Å². The lowest BCUT2D eigenvalue weighted by molar-refractivity contribution is 0.0995. The molecule has 0 radical (unpaired) electrons. The third-order valence-electron chi connectivity index (χ3n) is 1.24. The van der Waals surface area contributed by atoms with E-state index in [1.165, 1.54) is 11.3 Å². The summed E-state index contributed by atoms with van der Waals surface area (Å²) in [4.78, 5) is 15.7. The molecule has 1 aromatic rings. The predicted octanol–water partition coefficient (Wildman–Crippen LogP) is 0.935. The van der Waals surface area contributed by atoms with Crippen molar-refractivity contribution >= 4 is 17.1 Å². The molecule has 0 amide bonds. The molecule has 60 valence electrons. The average Bonchev–Trinajstić information content (AvgIpc) is 2.52. The van der Waals surface area contributed by atoms with Gasteiger partial charge in [-0.2, -0.15) is 0 Å². The zero-order valence-corrected chi connectivity index (χ0v) is 7.15. The first kappa shape index (κ1) is 8.36. The second kappa shape index (κ2) is 4.20. The lowest BCUT2D eigenvalue weighted by atomic mass is 10.3. The van der Waals surface area contributed by atoms with Crippen molar-refractivity contribution in [3.63, 3.8) is 0 Å². The van der Waals surface area contributed by atoms with Crippen LogP contribution >= 0.6 is 11.3 Å². The Morgan fingerprint density at radius 2 is 2.64 bits per heavy atom. The minimum Gasteiger partial charge on any atom is -0.310 e. The minimum atomic E-state index is 0.120. The van der Waals surface area contributed by atoms with Gasteiger partial charge in [-0.1, -0.05) is 6.92 Å². The van der Waals surface area contributed by atoms with Crippen LogP contribution in [0.3, 0.4) is 0 Å². The van der Waals surface area contributed by atoms with E-state index in [2.05, 4.69) is 10.3 Å². The molecule has 0 aromatic carbocycles. The fourth-order valence-corrected chi connectivity index (χ4v) is 1.24. The second-order valence-electron chi connectivity index (χ2n) is 2.07. The molecule has 1 rings (SSSR count). The number of aromatic nitrogens is 1. The van der Waals surface area contributed by atoms with Crippen LogP contribution in [0.25, 0.3) is 0 Å². The van der Waals surface area contributed by atoms with Crippen molar-refractivity contribution in [2.45, 2.75) is 6.92 Å². The average molecular weight is 170 g/mol. The number of nitrogens with one attached hydrogen (secondary N) is 1. The highest BCUT2D eigenvalue weighted by Crippen LogP contribution is 2.04. The number of hydrogen-bond acceptors (Lipinski definition) is 4. The Bertz CT molecular complexity index is 220. The summed E-state index contributed by atoms with van der Waals surface area (Å²) in [5.74, 6) is 0.120. The Morgan fingerprint density at radius 3 is 3.18 bits per heavy atom. The molecular weight excluding hydrogens is 160 g/mol. The van der Waals surface area contributed by atoms with Crippen molar-refractivity contribution in [2.75, 3.05) is 13.1 Å². The summed E-state index contributed by atoms with van der Waals surface area (Å²) in [5, 5.41) is 2.97. The van der Waals surface area contributed by atoms with Gasteiger partial charge in [0.15, 0.2) is 5.78 Å². The largest absolute Gasteiger partial charge is 0.310 e. The zero-order valence-electron chi connectivity index (χ0n) is 6.33. The Morgan fingerprint density at radius 1 is 1.82 bits per heavy atom. The molecule has 0 saturated heterocycles. The quantitative estimate of drug-likeness (QED) is 0.684. The van der Waals surface area contributed by atoms with Crippen LogP contribution in [-0.4, -0.2) is 23.9 Å². The normalized spacial score (nSPS) is 9.91. The van der Waals surface area contributed by atoms with Crippen LogP contribution < -0.4 is 5.32 Å². The summed E-state index contributed by atoms with van der Waals surface area (Å²) in [6, 6.07) is 0. The predicted molar refractivity (Wildman–Crippen MR) is 45.0 cm³/mol. The molecule has 1 aromatic heterocycles. The van der Waals surface area contributed by atoms with Gasteiger partial charge in [0, 0.05) is 6.20 Å². The van der Waals surface area contributed by atoms with E-state index in [4.69, 9.17) is 0 Å². The summed E-state index contributed by atoms with van der Waals surface area (Å²) >= 11 is 1.38. The van der Waals surface area contributed by atoms with Crippen LogP contribution in [0.5, 0.6) is 0 Å². The van der Waals surface area contributed by atoms with E-state index in [1.807, 2.05) is 6.92 Å². The van der Waals surface area contributed by atoms with Gasteiger partial charge in [0.05, 0.1) is 16.9 Å². The van der Waals surface area contributed by atoms with E-state index in [9.17, 15) is 4.79 Å². The first-order chi connectivity index (χ1) is 5.34. The molecule has 0 saturated carbocycles. The summed E-state index contributed by atoms with van der Waals surface area (Å²) in [7, 11) is 0. The van der Waals surface area contributed by atoms with Crippen LogP contribution in [0.2, 0.25) is 0 Å². The molecule has 1 heterocycles. The molecular formula is C7H10N2OS. The van der Waals surface area contributed by atoms with Crippen LogP contribution in [-0.2, 0) is 0 Å². The summed E-state index contributed by atoms with van der Waals surface area (Å²) in [5.41, 5.74) is 1.67. The fourth-order valence-electron chi connectivity index (χ4n) is 0.679. The third-order valence-corrected chi connectivity index (χ3v) is 2.06. The van der Waals surface area contributed by atoms with Crippen molar-refractivity contribution in [3.05, 3.63) is 16.6 Å². The number of likely N-dealkylation sites (N-methyl/N-ethyl adjacent to an activating group) is 1. The van der Waals surface area contributed by atoms with Crippen LogP contribution in [0.4, 0.5) is 0 Å². The number of rotatable bonds is 4. The molecule has 0 bridgehead atoms. The summed E-state index contributed by atoms with van der Waals surface area (Å²) < 4.78 is 0. The topological polar surface area (TPSA) is 42.0 Å². The fraction of sp³-hybridized carbons (Fsp3) is 0.429. The second-order valence-corrected chi connectivity index (χ2v) is 2.96. The number of Topliss-reactive ketones (excluding diaryl/α,β-unsaturated/α-hetero) is 1. The highest BCUT2D eigenvalue weighted by molar-refractivity contribution is 7.11. The zero-order chi connectivity index (χ0) is 8.10. The van der Waals surface area contributed by atoms with Gasteiger partial charge in [-0.15, -0.1) is 11.3 Å². The van der Waals surface area contributed by atoms with E-state index in [0.29, 0.717) is 6.54 Å². The molecule has 0 aliphatic carbocycles. The van der Waals surface area contributed by atoms with E-state index >= 15 is 0 Å². The molecule has 1 N–H and O–H groups in total. The number of thiazole rings is 1. The Labute approximate surface area is 69.5 Å². The maximum Gasteiger partial charge on any atom is 0.188 e. The van der Waals surface area contributed by atoms with Crippen molar-refractivity contribution in [3.8, 4) is 0 Å². The lowest BCUT2D eigenvalue weighted by Gasteiger charge is -1.96. The maximum atomic E-state index is 11.2. The lowest BCUT2D eigenvalue weighted by Crippen LogP contribution is -2.21. The summed E-state index contributed by atoms with van der Waals surface area (Å²) in [6.07, 6.45) is 1.60. The molecule has 3 nitrogen and oxygen atoms in total. The highest BCUT2D eigenvalue weighted by Gasteiger charge is 2.04. The Balaban J connectivity index is 2.43.